The van der Waals surface area contributed by atoms with Crippen LogP contribution in [0.3, 0.4) is 0 Å². The number of carbonyl (C=O) groups excluding carboxylic acids is 1. The van der Waals surface area contributed by atoms with Crippen molar-refractivity contribution in [2.75, 3.05) is 13.1 Å². The molecule has 6 nitrogen and oxygen atoms in total. The third-order valence-electron chi connectivity index (χ3n) is 5.72. The maximum atomic E-state index is 13.3. The fourth-order valence-electron chi connectivity index (χ4n) is 3.99. The van der Waals surface area contributed by atoms with Crippen molar-refractivity contribution in [1.29, 1.82) is 5.26 Å². The van der Waals surface area contributed by atoms with E-state index in [9.17, 15) is 22.9 Å². The van der Waals surface area contributed by atoms with Gasteiger partial charge in [-0.2, -0.15) is 5.26 Å². The van der Waals surface area contributed by atoms with Gasteiger partial charge in [-0.3, -0.25) is 4.79 Å². The van der Waals surface area contributed by atoms with Gasteiger partial charge in [0.05, 0.1) is 16.5 Å². The molecule has 4 rings (SSSR count). The zero-order valence-corrected chi connectivity index (χ0v) is 18.6. The lowest BCUT2D eigenvalue weighted by atomic mass is 9.94. The number of amides is 1. The van der Waals surface area contributed by atoms with Crippen molar-refractivity contribution >= 4 is 15.9 Å². The van der Waals surface area contributed by atoms with E-state index in [2.05, 4.69) is 10.8 Å². The molecule has 0 spiro atoms. The summed E-state index contributed by atoms with van der Waals surface area (Å²) in [6.07, 6.45) is 0.923. The van der Waals surface area contributed by atoms with Crippen molar-refractivity contribution < 1.29 is 17.6 Å². The van der Waals surface area contributed by atoms with E-state index in [1.54, 1.807) is 29.2 Å². The van der Waals surface area contributed by atoms with Crippen LogP contribution in [0, 0.1) is 17.1 Å². The van der Waals surface area contributed by atoms with Gasteiger partial charge in [-0.25, -0.2) is 17.5 Å². The van der Waals surface area contributed by atoms with Gasteiger partial charge in [-0.1, -0.05) is 36.4 Å². The Morgan fingerprint density at radius 3 is 2.21 bits per heavy atom. The van der Waals surface area contributed by atoms with E-state index in [1.165, 1.54) is 12.1 Å². The summed E-state index contributed by atoms with van der Waals surface area (Å²) in [6.45, 7) is 0.785. The predicted molar refractivity (Wildman–Crippen MR) is 122 cm³/mol. The largest absolute Gasteiger partial charge is 0.339 e. The van der Waals surface area contributed by atoms with Crippen LogP contribution in [-0.2, 0) is 10.0 Å². The van der Waals surface area contributed by atoms with Crippen LogP contribution in [0.15, 0.2) is 77.7 Å². The van der Waals surface area contributed by atoms with Crippen molar-refractivity contribution in [3.63, 3.8) is 0 Å². The Morgan fingerprint density at radius 1 is 0.939 bits per heavy atom. The lowest BCUT2D eigenvalue weighted by molar-refractivity contribution is 0.0712. The van der Waals surface area contributed by atoms with Gasteiger partial charge in [0.15, 0.2) is 0 Å². The number of carbonyl (C=O) groups is 1. The number of likely N-dealkylation sites (tertiary alicyclic amines) is 1. The van der Waals surface area contributed by atoms with E-state index >= 15 is 0 Å². The highest BCUT2D eigenvalue weighted by Gasteiger charge is 2.28. The molecular formula is C25H22FN3O3S. The van der Waals surface area contributed by atoms with E-state index in [0.29, 0.717) is 48.2 Å². The van der Waals surface area contributed by atoms with Gasteiger partial charge in [0, 0.05) is 30.3 Å². The van der Waals surface area contributed by atoms with Crippen molar-refractivity contribution in [1.82, 2.24) is 9.62 Å². The van der Waals surface area contributed by atoms with E-state index in [1.807, 2.05) is 24.3 Å². The Labute approximate surface area is 192 Å². The third-order valence-corrected chi connectivity index (χ3v) is 7.26. The van der Waals surface area contributed by atoms with Crippen molar-refractivity contribution in [3.05, 3.63) is 89.7 Å². The molecule has 0 unspecified atom stereocenters. The zero-order valence-electron chi connectivity index (χ0n) is 17.7. The lowest BCUT2D eigenvalue weighted by Crippen LogP contribution is -2.46. The molecule has 0 saturated carbocycles. The molecule has 1 fully saturated rings. The van der Waals surface area contributed by atoms with Crippen LogP contribution in [0.5, 0.6) is 0 Å². The topological polar surface area (TPSA) is 90.3 Å². The molecule has 1 saturated heterocycles. The number of nitrogens with one attached hydrogen (secondary N) is 1. The monoisotopic (exact) mass is 463 g/mol. The van der Waals surface area contributed by atoms with Crippen LogP contribution in [0.4, 0.5) is 4.39 Å². The van der Waals surface area contributed by atoms with E-state index in [0.717, 1.165) is 12.1 Å². The molecule has 3 aromatic rings. The molecule has 1 aliphatic rings. The van der Waals surface area contributed by atoms with Crippen LogP contribution < -0.4 is 4.72 Å². The number of halogens is 1. The highest BCUT2D eigenvalue weighted by Crippen LogP contribution is 2.28. The van der Waals surface area contributed by atoms with E-state index in [4.69, 9.17) is 0 Å². The van der Waals surface area contributed by atoms with Gasteiger partial charge in [0.25, 0.3) is 5.91 Å². The number of nitrogens with zero attached hydrogens (tertiary/aromatic N) is 2. The van der Waals surface area contributed by atoms with Gasteiger partial charge in [-0.15, -0.1) is 0 Å². The summed E-state index contributed by atoms with van der Waals surface area (Å²) in [4.78, 5) is 15.0. The molecule has 0 radical (unpaired) electrons. The standard InChI is InChI=1S/C25H22FN3O3S/c26-19-9-11-21(12-10-19)33(31,32)28-20-13-15-29(16-14-20)25(30)24-8-4-3-7-23(24)22-6-2-1-5-18(22)17-27/h1-12,20,28H,13-16H2. The Balaban J connectivity index is 1.47. The highest BCUT2D eigenvalue weighted by molar-refractivity contribution is 7.89. The number of sulfonamides is 1. The van der Waals surface area contributed by atoms with Crippen LogP contribution in [0.25, 0.3) is 11.1 Å². The summed E-state index contributed by atoms with van der Waals surface area (Å²) in [5, 5.41) is 9.46. The second-order valence-corrected chi connectivity index (χ2v) is 9.56. The summed E-state index contributed by atoms with van der Waals surface area (Å²) in [5.74, 6) is -0.656. The summed E-state index contributed by atoms with van der Waals surface area (Å²) < 4.78 is 40.9. The molecule has 8 heteroatoms. The van der Waals surface area contributed by atoms with Gasteiger partial charge in [0.1, 0.15) is 5.82 Å². The van der Waals surface area contributed by atoms with Crippen LogP contribution >= 0.6 is 0 Å². The number of benzene rings is 3. The number of hydrogen-bond donors (Lipinski definition) is 1. The van der Waals surface area contributed by atoms with E-state index < -0.39 is 15.8 Å². The molecule has 33 heavy (non-hydrogen) atoms. The third kappa shape index (κ3) is 4.95. The number of rotatable bonds is 5. The molecule has 3 aromatic carbocycles. The molecule has 0 bridgehead atoms. The van der Waals surface area contributed by atoms with Gasteiger partial charge < -0.3 is 4.90 Å². The average molecular weight is 464 g/mol. The summed E-state index contributed by atoms with van der Waals surface area (Å²) in [7, 11) is -3.77. The van der Waals surface area contributed by atoms with E-state index in [-0.39, 0.29) is 16.8 Å². The lowest BCUT2D eigenvalue weighted by Gasteiger charge is -2.32. The maximum absolute atomic E-state index is 13.3. The van der Waals surface area contributed by atoms with Crippen molar-refractivity contribution in [2.24, 2.45) is 0 Å². The Bertz CT molecular complexity index is 1310. The average Bonchev–Trinajstić information content (AvgIpc) is 2.84. The molecular weight excluding hydrogens is 441 g/mol. The summed E-state index contributed by atoms with van der Waals surface area (Å²) >= 11 is 0. The second kappa shape index (κ2) is 9.53. The smallest absolute Gasteiger partial charge is 0.254 e. The number of nitriles is 1. The fraction of sp³-hybridized carbons (Fsp3) is 0.200. The SMILES string of the molecule is N#Cc1ccccc1-c1ccccc1C(=O)N1CCC(NS(=O)(=O)c2ccc(F)cc2)CC1. The first-order valence-electron chi connectivity index (χ1n) is 10.5. The zero-order chi connectivity index (χ0) is 23.4. The molecule has 1 N–H and O–H groups in total. The van der Waals surface area contributed by atoms with Gasteiger partial charge in [0.2, 0.25) is 10.0 Å². The molecule has 0 aliphatic carbocycles. The first-order chi connectivity index (χ1) is 15.9. The van der Waals surface area contributed by atoms with Gasteiger partial charge in [-0.05, 0) is 54.8 Å². The minimum atomic E-state index is -3.77. The highest BCUT2D eigenvalue weighted by atomic mass is 32.2. The van der Waals surface area contributed by atoms with Crippen molar-refractivity contribution in [2.45, 2.75) is 23.8 Å². The summed E-state index contributed by atoms with van der Waals surface area (Å²) in [5.41, 5.74) is 2.39. The van der Waals surface area contributed by atoms with Crippen LogP contribution in [0.2, 0.25) is 0 Å². The Kier molecular flexibility index (Phi) is 6.54. The minimum absolute atomic E-state index is 0.00694. The summed E-state index contributed by atoms with van der Waals surface area (Å²) in [6, 6.07) is 20.9. The molecule has 168 valence electrons. The molecule has 1 heterocycles. The molecule has 0 atom stereocenters. The normalized spacial score (nSPS) is 14.6. The predicted octanol–water partition coefficient (Wildman–Crippen LogP) is 3.95. The maximum Gasteiger partial charge on any atom is 0.254 e. The van der Waals surface area contributed by atoms with Gasteiger partial charge >= 0.3 is 0 Å². The van der Waals surface area contributed by atoms with Crippen LogP contribution in [-0.4, -0.2) is 38.4 Å². The second-order valence-electron chi connectivity index (χ2n) is 7.84. The molecule has 1 amide bonds. The first kappa shape index (κ1) is 22.6. The number of hydrogen-bond acceptors (Lipinski definition) is 4. The molecule has 0 aromatic heterocycles. The molecule has 1 aliphatic heterocycles. The van der Waals surface area contributed by atoms with Crippen molar-refractivity contribution in [3.8, 4) is 17.2 Å². The minimum Gasteiger partial charge on any atom is -0.339 e. The Hall–Kier alpha value is -3.54. The number of piperidine rings is 1. The Morgan fingerprint density at radius 2 is 1.55 bits per heavy atom. The van der Waals surface area contributed by atoms with Crippen LogP contribution in [0.1, 0.15) is 28.8 Å². The quantitative estimate of drug-likeness (QED) is 0.620. The first-order valence-corrected chi connectivity index (χ1v) is 12.0. The fourth-order valence-corrected chi connectivity index (χ4v) is 5.30.